The van der Waals surface area contributed by atoms with E-state index in [0.29, 0.717) is 19.3 Å². The zero-order valence-electron chi connectivity index (χ0n) is 28.5. The quantitative estimate of drug-likeness (QED) is 0.348. The van der Waals surface area contributed by atoms with E-state index in [4.69, 9.17) is 15.2 Å². The van der Waals surface area contributed by atoms with E-state index in [1.807, 2.05) is 13.0 Å². The number of carbonyl (C=O) groups excluding carboxylic acids is 3. The Morgan fingerprint density at radius 2 is 1.54 bits per heavy atom. The van der Waals surface area contributed by atoms with Gasteiger partial charge in [0, 0.05) is 16.9 Å². The first-order valence-electron chi connectivity index (χ1n) is 17.0. The summed E-state index contributed by atoms with van der Waals surface area (Å²) < 4.78 is 11.4. The summed E-state index contributed by atoms with van der Waals surface area (Å²) in [6, 6.07) is 6.15. The summed E-state index contributed by atoms with van der Waals surface area (Å²) in [5.74, 6) is -1.99. The molecule has 0 amide bonds. The largest absolute Gasteiger partial charge is 0.478 e. The normalized spacial score (nSPS) is 42.7. The Morgan fingerprint density at radius 1 is 0.891 bits per heavy atom. The minimum absolute atomic E-state index is 0.0179. The van der Waals surface area contributed by atoms with E-state index in [-0.39, 0.29) is 51.5 Å². The molecule has 0 unspecified atom stereocenters. The minimum Gasteiger partial charge on any atom is -0.478 e. The topological polar surface area (TPSA) is 133 Å². The molecule has 0 saturated heterocycles. The van der Waals surface area contributed by atoms with Gasteiger partial charge >= 0.3 is 17.9 Å². The first-order chi connectivity index (χ1) is 21.4. The molecule has 0 radical (unpaired) electrons. The molecule has 4 fully saturated rings. The number of carboxylic acids is 1. The number of rotatable bonds is 4. The van der Waals surface area contributed by atoms with Gasteiger partial charge in [0.1, 0.15) is 6.10 Å². The Morgan fingerprint density at radius 3 is 2.20 bits per heavy atom. The van der Waals surface area contributed by atoms with Crippen molar-refractivity contribution in [1.29, 1.82) is 0 Å². The van der Waals surface area contributed by atoms with Gasteiger partial charge in [-0.15, -0.1) is 0 Å². The van der Waals surface area contributed by atoms with Crippen LogP contribution in [0.25, 0.3) is 0 Å². The van der Waals surface area contributed by atoms with Crippen LogP contribution in [0.3, 0.4) is 0 Å². The number of esters is 2. The monoisotopic (exact) mass is 633 g/mol. The molecular weight excluding hydrogens is 582 g/mol. The molecule has 0 spiro atoms. The Balaban J connectivity index is 1.33. The van der Waals surface area contributed by atoms with Crippen molar-refractivity contribution in [2.75, 3.05) is 7.11 Å². The van der Waals surface area contributed by atoms with Gasteiger partial charge in [0.2, 0.25) is 0 Å². The fourth-order valence-corrected chi connectivity index (χ4v) is 11.6. The summed E-state index contributed by atoms with van der Waals surface area (Å²) in [5, 5.41) is 9.64. The second-order valence-electron chi connectivity index (χ2n) is 17.0. The van der Waals surface area contributed by atoms with Crippen molar-refractivity contribution in [2.45, 2.75) is 111 Å². The number of hydrogen-bond donors (Lipinski definition) is 2. The third kappa shape index (κ3) is 4.41. The standard InChI is InChI=1S/C38H51NO7/c1-33(2)27-12-15-37(6)29(36(27,5)14-13-28(33)46-31(43)23-11-9-8-10-22(23)30(41)42)26(40)20-24-25-21-35(4,32(44)45-7)17-16-34(25,3)18-19-38(24,37)39/h8-11,20,25,27-29H,12-19,21,39H2,1-7H3,(H,41,42)/t25-,27-,28-,29+,34+,35-,36-,37+,38-/m0/s1. The number of ketones is 1. The van der Waals surface area contributed by atoms with Crippen molar-refractivity contribution in [3.8, 4) is 0 Å². The fourth-order valence-electron chi connectivity index (χ4n) is 11.6. The van der Waals surface area contributed by atoms with Gasteiger partial charge in [-0.05, 0) is 117 Å². The van der Waals surface area contributed by atoms with Crippen molar-refractivity contribution < 1.29 is 33.8 Å². The fraction of sp³-hybridized carbons (Fsp3) is 0.684. The Bertz CT molecular complexity index is 1530. The molecule has 8 heteroatoms. The zero-order chi connectivity index (χ0) is 33.7. The molecule has 0 heterocycles. The number of carbonyl (C=O) groups is 4. The number of ether oxygens (including phenoxy) is 2. The van der Waals surface area contributed by atoms with Gasteiger partial charge in [0.25, 0.3) is 0 Å². The van der Waals surface area contributed by atoms with E-state index in [2.05, 4.69) is 34.6 Å². The van der Waals surface area contributed by atoms with E-state index in [1.54, 1.807) is 12.1 Å². The number of allylic oxidation sites excluding steroid dienone is 1. The minimum atomic E-state index is -1.17. The first kappa shape index (κ1) is 32.9. The first-order valence-corrected chi connectivity index (χ1v) is 17.0. The molecule has 46 heavy (non-hydrogen) atoms. The van der Waals surface area contributed by atoms with Crippen LogP contribution in [0.2, 0.25) is 0 Å². The molecule has 8 nitrogen and oxygen atoms in total. The van der Waals surface area contributed by atoms with Gasteiger partial charge in [-0.25, -0.2) is 9.59 Å². The molecule has 0 aliphatic heterocycles. The zero-order valence-corrected chi connectivity index (χ0v) is 28.5. The van der Waals surface area contributed by atoms with E-state index in [9.17, 15) is 24.3 Å². The van der Waals surface area contributed by atoms with Crippen LogP contribution >= 0.6 is 0 Å². The predicted octanol–water partition coefficient (Wildman–Crippen LogP) is 6.76. The highest BCUT2D eigenvalue weighted by molar-refractivity contribution is 6.02. The molecule has 250 valence electrons. The van der Waals surface area contributed by atoms with Crippen LogP contribution in [0.5, 0.6) is 0 Å². The SMILES string of the molecule is COC(=O)[C@@]1(C)CC[C@]2(C)CC[C@]3(N)C(=CC(=O)[C@@H]4[C@@]5(C)CC[C@H](OC(=O)c6ccccc6C(=O)O)C(C)(C)[C@@H]5CC[C@]43C)[C@@H]2C1. The summed E-state index contributed by atoms with van der Waals surface area (Å²) in [5.41, 5.74) is 6.13. The van der Waals surface area contributed by atoms with Crippen molar-refractivity contribution >= 4 is 23.7 Å². The van der Waals surface area contributed by atoms with Gasteiger partial charge < -0.3 is 20.3 Å². The predicted molar refractivity (Wildman–Crippen MR) is 173 cm³/mol. The molecule has 9 atom stereocenters. The Hall–Kier alpha value is -3.00. The second kappa shape index (κ2) is 10.5. The maximum absolute atomic E-state index is 14.6. The summed E-state index contributed by atoms with van der Waals surface area (Å²) in [6.07, 6.45) is 8.46. The van der Waals surface area contributed by atoms with Crippen LogP contribution in [0, 0.1) is 44.8 Å². The average molecular weight is 634 g/mol. The molecule has 0 bridgehead atoms. The highest BCUT2D eigenvalue weighted by Crippen LogP contribution is 2.72. The van der Waals surface area contributed by atoms with Gasteiger partial charge in [-0.3, -0.25) is 9.59 Å². The van der Waals surface area contributed by atoms with Gasteiger partial charge in [-0.1, -0.05) is 46.8 Å². The van der Waals surface area contributed by atoms with Crippen molar-refractivity contribution in [3.63, 3.8) is 0 Å². The molecular formula is C38H51NO7. The Labute approximate surface area is 272 Å². The Kier molecular flexibility index (Phi) is 7.51. The molecule has 5 aliphatic rings. The van der Waals surface area contributed by atoms with Crippen LogP contribution in [-0.2, 0) is 19.1 Å². The third-order valence-electron chi connectivity index (χ3n) is 14.3. The lowest BCUT2D eigenvalue weighted by Gasteiger charge is -2.70. The summed E-state index contributed by atoms with van der Waals surface area (Å²) >= 11 is 0. The van der Waals surface area contributed by atoms with Crippen LogP contribution in [0.4, 0.5) is 0 Å². The van der Waals surface area contributed by atoms with Crippen molar-refractivity contribution in [1.82, 2.24) is 0 Å². The number of methoxy groups -OCH3 is 1. The smallest absolute Gasteiger partial charge is 0.339 e. The second-order valence-corrected chi connectivity index (χ2v) is 17.0. The van der Waals surface area contributed by atoms with Crippen LogP contribution < -0.4 is 5.73 Å². The molecule has 1 aromatic rings. The van der Waals surface area contributed by atoms with Crippen LogP contribution in [-0.4, -0.2) is 47.6 Å². The lowest BCUT2D eigenvalue weighted by atomic mass is 9.35. The van der Waals surface area contributed by atoms with E-state index < -0.39 is 39.8 Å². The molecule has 3 N–H and O–H groups in total. The molecule has 1 aromatic carbocycles. The van der Waals surface area contributed by atoms with Gasteiger partial charge in [0.15, 0.2) is 5.78 Å². The molecule has 6 rings (SSSR count). The van der Waals surface area contributed by atoms with E-state index in [0.717, 1.165) is 44.1 Å². The molecule has 0 aromatic heterocycles. The average Bonchev–Trinajstić information content (AvgIpc) is 2.99. The number of benzene rings is 1. The van der Waals surface area contributed by atoms with Gasteiger partial charge in [0.05, 0.1) is 23.7 Å². The lowest BCUT2D eigenvalue weighted by molar-refractivity contribution is -0.192. The van der Waals surface area contributed by atoms with Crippen molar-refractivity contribution in [2.24, 2.45) is 50.6 Å². The number of carboxylic acid groups (broad SMARTS) is 1. The molecule has 4 saturated carbocycles. The van der Waals surface area contributed by atoms with E-state index in [1.165, 1.54) is 19.2 Å². The maximum Gasteiger partial charge on any atom is 0.339 e. The summed E-state index contributed by atoms with van der Waals surface area (Å²) in [7, 11) is 1.45. The number of fused-ring (bicyclic) bond motifs is 7. The number of nitrogens with two attached hydrogens (primary N) is 1. The van der Waals surface area contributed by atoms with Crippen LogP contribution in [0.15, 0.2) is 35.9 Å². The highest BCUT2D eigenvalue weighted by atomic mass is 16.5. The van der Waals surface area contributed by atoms with Crippen LogP contribution in [0.1, 0.15) is 120 Å². The lowest BCUT2D eigenvalue weighted by Crippen LogP contribution is -2.72. The maximum atomic E-state index is 14.6. The van der Waals surface area contributed by atoms with Gasteiger partial charge in [-0.2, -0.15) is 0 Å². The van der Waals surface area contributed by atoms with E-state index >= 15 is 0 Å². The number of aromatic carboxylic acids is 1. The summed E-state index contributed by atoms with van der Waals surface area (Å²) in [6.45, 7) is 13.1. The molecule has 5 aliphatic carbocycles. The number of hydrogen-bond acceptors (Lipinski definition) is 7. The summed E-state index contributed by atoms with van der Waals surface area (Å²) in [4.78, 5) is 52.7. The van der Waals surface area contributed by atoms with Crippen molar-refractivity contribution in [3.05, 3.63) is 47.0 Å². The third-order valence-corrected chi connectivity index (χ3v) is 14.3. The highest BCUT2D eigenvalue weighted by Gasteiger charge is 2.71.